The van der Waals surface area contributed by atoms with Gasteiger partial charge in [0, 0.05) is 6.42 Å². The lowest BCUT2D eigenvalue weighted by Gasteiger charge is -2.58. The first-order chi connectivity index (χ1) is 28.3. The molecule has 4 fully saturated rings. The Balaban J connectivity index is 1.03. The summed E-state index contributed by atoms with van der Waals surface area (Å²) < 4.78 is 18.0. The van der Waals surface area contributed by atoms with Gasteiger partial charge in [-0.3, -0.25) is 4.79 Å². The van der Waals surface area contributed by atoms with Crippen molar-refractivity contribution in [2.45, 2.75) is 201 Å². The van der Waals surface area contributed by atoms with Crippen molar-refractivity contribution in [1.29, 1.82) is 0 Å². The molecule has 4 aliphatic carbocycles. The van der Waals surface area contributed by atoms with E-state index >= 15 is 0 Å². The van der Waals surface area contributed by atoms with Gasteiger partial charge in [0.25, 0.3) is 0 Å². The summed E-state index contributed by atoms with van der Waals surface area (Å²) >= 11 is 0. The average Bonchev–Trinajstić information content (AvgIpc) is 3.58. The molecule has 3 N–H and O–H groups in total. The molecule has 334 valence electrons. The number of aliphatic hydroxyl groups is 3. The van der Waals surface area contributed by atoms with Crippen molar-refractivity contribution in [1.82, 2.24) is 0 Å². The van der Waals surface area contributed by atoms with Crippen molar-refractivity contribution in [3.05, 3.63) is 60.3 Å². The number of carbonyl (C=O) groups excluding carboxylic acids is 1. The Kier molecular flexibility index (Phi) is 18.6. The van der Waals surface area contributed by atoms with E-state index in [1.165, 1.54) is 31.3 Å². The summed E-state index contributed by atoms with van der Waals surface area (Å²) in [5, 5.41) is 32.5. The number of carbonyl (C=O) groups is 1. The third-order valence-electron chi connectivity index (χ3n) is 16.0. The number of unbranched alkanes of at least 4 members (excludes halogenated alkanes) is 5. The minimum absolute atomic E-state index is 0.152. The summed E-state index contributed by atoms with van der Waals surface area (Å²) in [5.74, 6) is 4.51. The second kappa shape index (κ2) is 22.9. The van der Waals surface area contributed by atoms with Crippen LogP contribution in [0.1, 0.15) is 164 Å². The van der Waals surface area contributed by atoms with Gasteiger partial charge in [0.05, 0.1) is 6.10 Å². The summed E-state index contributed by atoms with van der Waals surface area (Å²) in [6.07, 6.45) is 33.0. The van der Waals surface area contributed by atoms with Crippen LogP contribution in [-0.4, -0.2) is 64.7 Å². The van der Waals surface area contributed by atoms with Crippen LogP contribution in [0.4, 0.5) is 0 Å². The molecular formula is C52H84O7. The van der Waals surface area contributed by atoms with Crippen molar-refractivity contribution >= 4 is 5.97 Å². The van der Waals surface area contributed by atoms with Crippen LogP contribution in [0.2, 0.25) is 0 Å². The van der Waals surface area contributed by atoms with Gasteiger partial charge >= 0.3 is 5.97 Å². The largest absolute Gasteiger partial charge is 0.463 e. The van der Waals surface area contributed by atoms with E-state index in [9.17, 15) is 20.1 Å². The molecule has 0 amide bonds. The highest BCUT2D eigenvalue weighted by atomic mass is 16.7. The molecular weight excluding hydrogens is 737 g/mol. The van der Waals surface area contributed by atoms with E-state index < -0.39 is 30.7 Å². The number of fused-ring (bicyclic) bond motifs is 5. The first kappa shape index (κ1) is 48.0. The zero-order valence-corrected chi connectivity index (χ0v) is 38.1. The Morgan fingerprint density at radius 1 is 0.831 bits per heavy atom. The number of hydrogen-bond acceptors (Lipinski definition) is 7. The van der Waals surface area contributed by atoms with Crippen LogP contribution in [0.5, 0.6) is 0 Å². The number of hydrogen-bond donors (Lipinski definition) is 3. The molecule has 1 aliphatic heterocycles. The summed E-state index contributed by atoms with van der Waals surface area (Å²) in [5.41, 5.74) is 2.04. The molecule has 14 atom stereocenters. The smallest absolute Gasteiger partial charge is 0.305 e. The van der Waals surface area contributed by atoms with E-state index in [0.717, 1.165) is 101 Å². The minimum Gasteiger partial charge on any atom is -0.463 e. The number of rotatable bonds is 21. The van der Waals surface area contributed by atoms with Gasteiger partial charge in [-0.05, 0) is 142 Å². The maximum atomic E-state index is 12.6. The average molecular weight is 821 g/mol. The Hall–Kier alpha value is -2.03. The molecule has 7 nitrogen and oxygen atoms in total. The molecule has 0 aromatic carbocycles. The van der Waals surface area contributed by atoms with Crippen LogP contribution in [0.15, 0.2) is 60.3 Å². The molecule has 0 aromatic heterocycles. The quantitative estimate of drug-likeness (QED) is 0.0601. The lowest BCUT2D eigenvalue weighted by molar-refractivity contribution is -0.313. The van der Waals surface area contributed by atoms with Gasteiger partial charge in [-0.2, -0.15) is 0 Å². The predicted octanol–water partition coefficient (Wildman–Crippen LogP) is 11.4. The maximum absolute atomic E-state index is 12.6. The third kappa shape index (κ3) is 12.3. The van der Waals surface area contributed by atoms with Crippen LogP contribution < -0.4 is 0 Å². The fourth-order valence-electron chi connectivity index (χ4n) is 11.8. The van der Waals surface area contributed by atoms with E-state index in [4.69, 9.17) is 14.2 Å². The molecule has 5 rings (SSSR count). The van der Waals surface area contributed by atoms with Gasteiger partial charge < -0.3 is 29.5 Å². The Morgan fingerprint density at radius 2 is 1.54 bits per heavy atom. The third-order valence-corrected chi connectivity index (χ3v) is 16.0. The summed E-state index contributed by atoms with van der Waals surface area (Å²) in [7, 11) is 0. The van der Waals surface area contributed by atoms with E-state index in [2.05, 4.69) is 103 Å². The summed E-state index contributed by atoms with van der Waals surface area (Å²) in [6, 6.07) is 0. The highest BCUT2D eigenvalue weighted by Crippen LogP contribution is 2.67. The summed E-state index contributed by atoms with van der Waals surface area (Å²) in [6.45, 7) is 16.5. The van der Waals surface area contributed by atoms with Crippen LogP contribution >= 0.6 is 0 Å². The Morgan fingerprint density at radius 3 is 2.29 bits per heavy atom. The lowest BCUT2D eigenvalue weighted by atomic mass is 9.47. The van der Waals surface area contributed by atoms with Crippen LogP contribution in [0, 0.1) is 52.3 Å². The molecule has 7 heteroatoms. The van der Waals surface area contributed by atoms with Crippen molar-refractivity contribution in [3.8, 4) is 0 Å². The van der Waals surface area contributed by atoms with Crippen molar-refractivity contribution < 1.29 is 34.3 Å². The van der Waals surface area contributed by atoms with Gasteiger partial charge in [0.15, 0.2) is 6.29 Å². The van der Waals surface area contributed by atoms with Gasteiger partial charge in [-0.1, -0.05) is 128 Å². The van der Waals surface area contributed by atoms with Gasteiger partial charge in [-0.25, -0.2) is 0 Å². The van der Waals surface area contributed by atoms with Gasteiger partial charge in [-0.15, -0.1) is 0 Å². The summed E-state index contributed by atoms with van der Waals surface area (Å²) in [4.78, 5) is 12.6. The van der Waals surface area contributed by atoms with Gasteiger partial charge in [0.2, 0.25) is 0 Å². The number of esters is 1. The normalized spacial score (nSPS) is 37.2. The standard InChI is InChI=1S/C52H84O7/c1-8-9-10-11-12-13-14-15-16-17-18-19-20-21-22-23-46(53)57-35-45-47(54)48(55)49(56)50(59-45)58-40-30-32-51(6)39(34-40)26-27-41-43-29-28-42(52(43,7)33-31-44(41)51)38(5)25-24-37(4)36(2)3/h9-10,12-13,15-16,24-26,36-38,40-45,47-50,54-56H,8,11,14,17-23,27-35H2,1-7H3/b10-9-,13-12-,16-15-,25-24+. The molecule has 5 aliphatic rings. The molecule has 0 aromatic rings. The SMILES string of the molecule is CC/C=C\C/C=C\C/C=C\CCCCCCCC(=O)OCC1OC(OC2CCC3(C)C(=CCC4C3CCC3(C)C(C(C)/C=C/C(C)C(C)C)CCC43)C2)C(O)C(O)C1O. The highest BCUT2D eigenvalue weighted by Gasteiger charge is 2.59. The first-order valence-corrected chi connectivity index (χ1v) is 24.1. The molecule has 0 radical (unpaired) electrons. The predicted molar refractivity (Wildman–Crippen MR) is 239 cm³/mol. The van der Waals surface area contributed by atoms with E-state index in [-0.39, 0.29) is 24.1 Å². The van der Waals surface area contributed by atoms with Crippen LogP contribution in [-0.2, 0) is 19.0 Å². The van der Waals surface area contributed by atoms with Crippen molar-refractivity contribution in [2.24, 2.45) is 52.3 Å². The van der Waals surface area contributed by atoms with Gasteiger partial charge in [0.1, 0.15) is 31.0 Å². The molecule has 1 heterocycles. The van der Waals surface area contributed by atoms with E-state index in [1.54, 1.807) is 0 Å². The molecule has 3 saturated carbocycles. The number of ether oxygens (including phenoxy) is 3. The molecule has 0 spiro atoms. The molecule has 1 saturated heterocycles. The molecule has 14 unspecified atom stereocenters. The number of aliphatic hydroxyl groups excluding tert-OH is 3. The zero-order chi connectivity index (χ0) is 42.6. The topological polar surface area (TPSA) is 105 Å². The fourth-order valence-corrected chi connectivity index (χ4v) is 11.8. The van der Waals surface area contributed by atoms with Crippen molar-refractivity contribution in [2.75, 3.05) is 6.61 Å². The monoisotopic (exact) mass is 821 g/mol. The second-order valence-electron chi connectivity index (χ2n) is 20.1. The Labute approximate surface area is 359 Å². The zero-order valence-electron chi connectivity index (χ0n) is 38.1. The maximum Gasteiger partial charge on any atom is 0.305 e. The molecule has 59 heavy (non-hydrogen) atoms. The molecule has 0 bridgehead atoms. The van der Waals surface area contributed by atoms with Crippen LogP contribution in [0.3, 0.4) is 0 Å². The first-order valence-electron chi connectivity index (χ1n) is 24.1. The van der Waals surface area contributed by atoms with E-state index in [1.807, 2.05) is 0 Å². The van der Waals surface area contributed by atoms with E-state index in [0.29, 0.717) is 35.5 Å². The van der Waals surface area contributed by atoms with Crippen molar-refractivity contribution in [3.63, 3.8) is 0 Å². The minimum atomic E-state index is -1.45. The fraction of sp³-hybridized carbons (Fsp3) is 0.788. The second-order valence-corrected chi connectivity index (χ2v) is 20.1. The number of allylic oxidation sites excluding steroid dienone is 9. The lowest BCUT2D eigenvalue weighted by Crippen LogP contribution is -2.60. The Bertz CT molecular complexity index is 1450. The van der Waals surface area contributed by atoms with Crippen LogP contribution in [0.25, 0.3) is 0 Å². The highest BCUT2D eigenvalue weighted by molar-refractivity contribution is 5.69.